The van der Waals surface area contributed by atoms with E-state index in [-0.39, 0.29) is 18.3 Å². The Kier molecular flexibility index (Phi) is 3.44. The molecule has 0 unspecified atom stereocenters. The molecule has 0 aromatic heterocycles. The maximum atomic E-state index is 10.8. The molecule has 0 fully saturated rings. The summed E-state index contributed by atoms with van der Waals surface area (Å²) in [4.78, 5) is 15.3. The second-order valence-electron chi connectivity index (χ2n) is 2.80. The number of amides is 1. The van der Waals surface area contributed by atoms with Crippen LogP contribution in [0.15, 0.2) is 18.2 Å². The summed E-state index contributed by atoms with van der Waals surface area (Å²) in [7, 11) is 0. The fraction of sp³-hybridized carbons (Fsp3) is 0.222. The maximum absolute atomic E-state index is 10.8. The molecular weight excluding hydrogens is 184 g/mol. The van der Waals surface area contributed by atoms with Crippen LogP contribution in [-0.2, 0) is 16.2 Å². The van der Waals surface area contributed by atoms with Crippen LogP contribution in [0.4, 0.5) is 5.69 Å². The molecule has 0 saturated heterocycles. The number of rotatable bonds is 3. The molecule has 0 bridgehead atoms. The summed E-state index contributed by atoms with van der Waals surface area (Å²) in [5.41, 5.74) is 0.966. The molecule has 1 rings (SSSR count). The van der Waals surface area contributed by atoms with E-state index in [0.29, 0.717) is 11.3 Å². The Balaban J connectivity index is 3.02. The normalized spacial score (nSPS) is 9.86. The molecule has 0 aliphatic heterocycles. The van der Waals surface area contributed by atoms with Crippen molar-refractivity contribution in [2.24, 2.45) is 5.90 Å². The largest absolute Gasteiger partial charge is 0.506 e. The first-order chi connectivity index (χ1) is 6.65. The smallest absolute Gasteiger partial charge is 0.221 e. The van der Waals surface area contributed by atoms with Crippen molar-refractivity contribution in [1.82, 2.24) is 0 Å². The summed E-state index contributed by atoms with van der Waals surface area (Å²) in [6, 6.07) is 4.83. The zero-order chi connectivity index (χ0) is 10.6. The van der Waals surface area contributed by atoms with E-state index in [1.165, 1.54) is 13.0 Å². The van der Waals surface area contributed by atoms with Gasteiger partial charge in [0.05, 0.1) is 12.3 Å². The number of phenolic OH excluding ortho intramolecular Hbond substituents is 1. The summed E-state index contributed by atoms with van der Waals surface area (Å²) in [6.07, 6.45) is 0. The highest BCUT2D eigenvalue weighted by Gasteiger charge is 2.08. The van der Waals surface area contributed by atoms with E-state index >= 15 is 0 Å². The lowest BCUT2D eigenvalue weighted by molar-refractivity contribution is -0.114. The van der Waals surface area contributed by atoms with E-state index < -0.39 is 0 Å². The minimum absolute atomic E-state index is 0.00486. The van der Waals surface area contributed by atoms with Crippen LogP contribution in [0, 0.1) is 0 Å². The van der Waals surface area contributed by atoms with Crippen molar-refractivity contribution in [3.63, 3.8) is 0 Å². The van der Waals surface area contributed by atoms with Crippen LogP contribution in [-0.4, -0.2) is 11.0 Å². The van der Waals surface area contributed by atoms with E-state index in [0.717, 1.165) is 0 Å². The van der Waals surface area contributed by atoms with Gasteiger partial charge in [0.25, 0.3) is 0 Å². The summed E-state index contributed by atoms with van der Waals surface area (Å²) in [6.45, 7) is 1.49. The first-order valence-electron chi connectivity index (χ1n) is 4.05. The van der Waals surface area contributed by atoms with Crippen molar-refractivity contribution in [1.29, 1.82) is 0 Å². The van der Waals surface area contributed by atoms with Crippen molar-refractivity contribution in [3.8, 4) is 5.75 Å². The Morgan fingerprint density at radius 2 is 2.36 bits per heavy atom. The number of nitrogens with one attached hydrogen (secondary N) is 1. The maximum Gasteiger partial charge on any atom is 0.221 e. The number of phenols is 1. The van der Waals surface area contributed by atoms with Gasteiger partial charge in [0.1, 0.15) is 5.75 Å². The van der Waals surface area contributed by atoms with Gasteiger partial charge in [-0.3, -0.25) is 9.63 Å². The lowest BCUT2D eigenvalue weighted by atomic mass is 10.1. The van der Waals surface area contributed by atoms with Crippen molar-refractivity contribution in [2.45, 2.75) is 13.5 Å². The summed E-state index contributed by atoms with van der Waals surface area (Å²) in [5, 5.41) is 12.0. The van der Waals surface area contributed by atoms with Crippen LogP contribution < -0.4 is 11.2 Å². The van der Waals surface area contributed by atoms with E-state index in [1.807, 2.05) is 0 Å². The number of anilines is 1. The topological polar surface area (TPSA) is 84.6 Å². The summed E-state index contributed by atoms with van der Waals surface area (Å²) < 4.78 is 0. The second kappa shape index (κ2) is 4.59. The third kappa shape index (κ3) is 2.45. The Morgan fingerprint density at radius 1 is 1.64 bits per heavy atom. The zero-order valence-corrected chi connectivity index (χ0v) is 7.78. The van der Waals surface area contributed by atoms with Crippen LogP contribution in [0.1, 0.15) is 12.5 Å². The fourth-order valence-electron chi connectivity index (χ4n) is 1.12. The minimum atomic E-state index is -0.259. The molecule has 76 valence electrons. The molecule has 1 aromatic carbocycles. The number of carbonyl (C=O) groups is 1. The number of nitrogens with two attached hydrogens (primary N) is 1. The highest BCUT2D eigenvalue weighted by atomic mass is 16.6. The fourth-order valence-corrected chi connectivity index (χ4v) is 1.12. The lowest BCUT2D eigenvalue weighted by Gasteiger charge is -2.10. The number of hydrogen-bond donors (Lipinski definition) is 3. The van der Waals surface area contributed by atoms with E-state index in [9.17, 15) is 9.90 Å². The molecule has 0 spiro atoms. The van der Waals surface area contributed by atoms with Crippen LogP contribution in [0.5, 0.6) is 5.75 Å². The predicted molar refractivity (Wildman–Crippen MR) is 51.4 cm³/mol. The average molecular weight is 196 g/mol. The van der Waals surface area contributed by atoms with Crippen LogP contribution >= 0.6 is 0 Å². The Bertz CT molecular complexity index is 339. The zero-order valence-electron chi connectivity index (χ0n) is 7.78. The summed E-state index contributed by atoms with van der Waals surface area (Å²) in [5.74, 6) is 4.65. The SMILES string of the molecule is CC(=O)Nc1c(O)cccc1CON. The number of hydrogen-bond acceptors (Lipinski definition) is 4. The molecule has 14 heavy (non-hydrogen) atoms. The number of carbonyl (C=O) groups excluding carboxylic acids is 1. The van der Waals surface area contributed by atoms with Gasteiger partial charge in [-0.1, -0.05) is 12.1 Å². The molecule has 0 radical (unpaired) electrons. The number of aromatic hydroxyl groups is 1. The molecule has 0 atom stereocenters. The molecule has 5 heteroatoms. The van der Waals surface area contributed by atoms with Gasteiger partial charge >= 0.3 is 0 Å². The number of benzene rings is 1. The molecule has 5 nitrogen and oxygen atoms in total. The van der Waals surface area contributed by atoms with Gasteiger partial charge in [0.2, 0.25) is 5.91 Å². The van der Waals surface area contributed by atoms with Gasteiger partial charge in [0.15, 0.2) is 0 Å². The molecule has 0 heterocycles. The highest BCUT2D eigenvalue weighted by molar-refractivity contribution is 5.91. The van der Waals surface area contributed by atoms with Gasteiger partial charge < -0.3 is 10.4 Å². The molecule has 0 saturated carbocycles. The van der Waals surface area contributed by atoms with Crippen molar-refractivity contribution in [2.75, 3.05) is 5.32 Å². The van der Waals surface area contributed by atoms with Crippen molar-refractivity contribution < 1.29 is 14.7 Å². The third-order valence-electron chi connectivity index (χ3n) is 1.67. The van der Waals surface area contributed by atoms with E-state index in [2.05, 4.69) is 10.2 Å². The van der Waals surface area contributed by atoms with Crippen molar-refractivity contribution in [3.05, 3.63) is 23.8 Å². The Labute approximate surface area is 81.4 Å². The van der Waals surface area contributed by atoms with Gasteiger partial charge in [-0.25, -0.2) is 5.90 Å². The Hall–Kier alpha value is -1.59. The van der Waals surface area contributed by atoms with Gasteiger partial charge in [0, 0.05) is 12.5 Å². The lowest BCUT2D eigenvalue weighted by Crippen LogP contribution is -2.10. The second-order valence-corrected chi connectivity index (χ2v) is 2.80. The van der Waals surface area contributed by atoms with E-state index in [1.54, 1.807) is 12.1 Å². The van der Waals surface area contributed by atoms with Gasteiger partial charge in [-0.15, -0.1) is 0 Å². The monoisotopic (exact) mass is 196 g/mol. The molecule has 0 aliphatic carbocycles. The standard InChI is InChI=1S/C9H12N2O3/c1-6(12)11-9-7(5-14-10)3-2-4-8(9)13/h2-4,13H,5,10H2,1H3,(H,11,12). The van der Waals surface area contributed by atoms with Gasteiger partial charge in [-0.05, 0) is 6.07 Å². The first-order valence-corrected chi connectivity index (χ1v) is 4.05. The Morgan fingerprint density at radius 3 is 2.93 bits per heavy atom. The number of para-hydroxylation sites is 1. The predicted octanol–water partition coefficient (Wildman–Crippen LogP) is 0.741. The molecule has 0 aliphatic rings. The summed E-state index contributed by atoms with van der Waals surface area (Å²) >= 11 is 0. The molecule has 1 amide bonds. The quantitative estimate of drug-likeness (QED) is 0.491. The molecule has 1 aromatic rings. The van der Waals surface area contributed by atoms with Crippen LogP contribution in [0.3, 0.4) is 0 Å². The highest BCUT2D eigenvalue weighted by Crippen LogP contribution is 2.27. The minimum Gasteiger partial charge on any atom is -0.506 e. The van der Waals surface area contributed by atoms with Crippen LogP contribution in [0.2, 0.25) is 0 Å². The van der Waals surface area contributed by atoms with Gasteiger partial charge in [-0.2, -0.15) is 0 Å². The third-order valence-corrected chi connectivity index (χ3v) is 1.67. The average Bonchev–Trinajstić information content (AvgIpc) is 2.11. The molecular formula is C9H12N2O3. The van der Waals surface area contributed by atoms with Crippen LogP contribution in [0.25, 0.3) is 0 Å². The van der Waals surface area contributed by atoms with Crippen molar-refractivity contribution >= 4 is 11.6 Å². The first kappa shape index (κ1) is 10.5. The van der Waals surface area contributed by atoms with E-state index in [4.69, 9.17) is 5.90 Å². The molecule has 4 N–H and O–H groups in total.